The normalized spacial score (nSPS) is 10.2. The van der Waals surface area contributed by atoms with E-state index >= 15 is 0 Å². The SMILES string of the molecule is CN(CCC#N)c1ccc(NC(=O)c2ccc(Br)cc2)cc1C(=O)O.O=C(O)C(F)(F)F. The van der Waals surface area contributed by atoms with Crippen molar-refractivity contribution in [2.45, 2.75) is 12.6 Å². The van der Waals surface area contributed by atoms with Crippen LogP contribution in [-0.4, -0.2) is 47.8 Å². The number of nitrogens with one attached hydrogen (secondary N) is 1. The quantitative estimate of drug-likeness (QED) is 0.520. The van der Waals surface area contributed by atoms with Crippen LogP contribution in [-0.2, 0) is 4.79 Å². The number of amides is 1. The molecule has 170 valence electrons. The highest BCUT2D eigenvalue weighted by Gasteiger charge is 2.38. The average Bonchev–Trinajstić information content (AvgIpc) is 2.72. The number of carbonyl (C=O) groups excluding carboxylic acids is 1. The topological polar surface area (TPSA) is 131 Å². The van der Waals surface area contributed by atoms with Gasteiger partial charge in [0.2, 0.25) is 0 Å². The van der Waals surface area contributed by atoms with Crippen molar-refractivity contribution < 1.29 is 37.8 Å². The van der Waals surface area contributed by atoms with Gasteiger partial charge < -0.3 is 20.4 Å². The molecule has 0 aromatic heterocycles. The molecular weight excluding hydrogens is 499 g/mol. The lowest BCUT2D eigenvalue weighted by Crippen LogP contribution is -2.21. The van der Waals surface area contributed by atoms with E-state index in [1.165, 1.54) is 6.07 Å². The van der Waals surface area contributed by atoms with Gasteiger partial charge in [-0.15, -0.1) is 0 Å². The molecule has 2 aromatic carbocycles. The molecule has 12 heteroatoms. The lowest BCUT2D eigenvalue weighted by Gasteiger charge is -2.20. The van der Waals surface area contributed by atoms with Gasteiger partial charge in [-0.3, -0.25) is 4.79 Å². The second-order valence-electron chi connectivity index (χ2n) is 6.13. The molecule has 0 heterocycles. The molecule has 32 heavy (non-hydrogen) atoms. The summed E-state index contributed by atoms with van der Waals surface area (Å²) >= 11 is 3.30. The van der Waals surface area contributed by atoms with Crippen LogP contribution in [0, 0.1) is 11.3 Å². The molecule has 0 spiro atoms. The second kappa shape index (κ2) is 11.7. The van der Waals surface area contributed by atoms with E-state index in [1.807, 2.05) is 6.07 Å². The maximum absolute atomic E-state index is 12.2. The van der Waals surface area contributed by atoms with Crippen LogP contribution in [0.15, 0.2) is 46.9 Å². The summed E-state index contributed by atoms with van der Waals surface area (Å²) in [7, 11) is 1.72. The molecule has 0 saturated heterocycles. The maximum Gasteiger partial charge on any atom is 0.490 e. The van der Waals surface area contributed by atoms with E-state index in [1.54, 1.807) is 48.3 Å². The average molecular weight is 516 g/mol. The summed E-state index contributed by atoms with van der Waals surface area (Å²) in [5, 5.41) is 27.9. The minimum Gasteiger partial charge on any atom is -0.478 e. The number of aromatic carboxylic acids is 1. The zero-order chi connectivity index (χ0) is 24.5. The number of halogens is 4. The highest BCUT2D eigenvalue weighted by molar-refractivity contribution is 9.10. The van der Waals surface area contributed by atoms with Crippen LogP contribution >= 0.6 is 15.9 Å². The summed E-state index contributed by atoms with van der Waals surface area (Å²) in [5.41, 5.74) is 1.41. The lowest BCUT2D eigenvalue weighted by molar-refractivity contribution is -0.192. The molecule has 0 aliphatic heterocycles. The molecule has 0 radical (unpaired) electrons. The van der Waals surface area contributed by atoms with E-state index in [0.29, 0.717) is 23.5 Å². The Hall–Kier alpha value is -3.59. The van der Waals surface area contributed by atoms with Crippen molar-refractivity contribution in [1.82, 2.24) is 0 Å². The second-order valence-corrected chi connectivity index (χ2v) is 7.05. The summed E-state index contributed by atoms with van der Waals surface area (Å²) in [5.74, 6) is -4.18. The first-order valence-corrected chi connectivity index (χ1v) is 9.48. The molecular formula is C20H17BrF3N3O5. The number of carboxylic acids is 2. The predicted octanol–water partition coefficient (Wildman–Crippen LogP) is 4.38. The van der Waals surface area contributed by atoms with Crippen LogP contribution in [0.1, 0.15) is 27.1 Å². The number of carboxylic acid groups (broad SMARTS) is 2. The molecule has 0 saturated carbocycles. The molecule has 0 unspecified atom stereocenters. The molecule has 2 aromatic rings. The fourth-order valence-electron chi connectivity index (χ4n) is 2.26. The summed E-state index contributed by atoms with van der Waals surface area (Å²) in [4.78, 5) is 34.4. The van der Waals surface area contributed by atoms with E-state index in [4.69, 9.17) is 15.2 Å². The van der Waals surface area contributed by atoms with Crippen LogP contribution in [0.4, 0.5) is 24.5 Å². The maximum atomic E-state index is 12.2. The number of nitrogens with zero attached hydrogens (tertiary/aromatic N) is 2. The van der Waals surface area contributed by atoms with Gasteiger partial charge in [0.15, 0.2) is 0 Å². The first kappa shape index (κ1) is 26.4. The van der Waals surface area contributed by atoms with E-state index in [0.717, 1.165) is 4.47 Å². The summed E-state index contributed by atoms with van der Waals surface area (Å²) in [6, 6.07) is 13.6. The number of aliphatic carboxylic acids is 1. The highest BCUT2D eigenvalue weighted by Crippen LogP contribution is 2.24. The molecule has 1 amide bonds. The van der Waals surface area contributed by atoms with E-state index in [-0.39, 0.29) is 17.9 Å². The van der Waals surface area contributed by atoms with Crippen molar-refractivity contribution >= 4 is 45.2 Å². The van der Waals surface area contributed by atoms with Crippen molar-refractivity contribution in [3.63, 3.8) is 0 Å². The molecule has 0 aliphatic carbocycles. The third-order valence-corrected chi connectivity index (χ3v) is 4.33. The fraction of sp³-hybridized carbons (Fsp3) is 0.200. The summed E-state index contributed by atoms with van der Waals surface area (Å²) in [6.07, 6.45) is -4.79. The van der Waals surface area contributed by atoms with Crippen molar-refractivity contribution in [1.29, 1.82) is 5.26 Å². The van der Waals surface area contributed by atoms with Gasteiger partial charge >= 0.3 is 18.1 Å². The summed E-state index contributed by atoms with van der Waals surface area (Å²) in [6.45, 7) is 0.418. The highest BCUT2D eigenvalue weighted by atomic mass is 79.9. The Morgan fingerprint density at radius 2 is 1.69 bits per heavy atom. The number of anilines is 2. The molecule has 0 aliphatic rings. The third-order valence-electron chi connectivity index (χ3n) is 3.80. The van der Waals surface area contributed by atoms with Gasteiger partial charge in [0, 0.05) is 29.3 Å². The Kier molecular flexibility index (Phi) is 9.68. The third kappa shape index (κ3) is 8.27. The summed E-state index contributed by atoms with van der Waals surface area (Å²) < 4.78 is 32.6. The Morgan fingerprint density at radius 3 is 2.16 bits per heavy atom. The zero-order valence-corrected chi connectivity index (χ0v) is 18.1. The van der Waals surface area contributed by atoms with Crippen LogP contribution < -0.4 is 10.2 Å². The zero-order valence-electron chi connectivity index (χ0n) is 16.5. The number of carbonyl (C=O) groups is 3. The minimum atomic E-state index is -5.08. The van der Waals surface area contributed by atoms with Crippen molar-refractivity contribution in [2.75, 3.05) is 23.8 Å². The molecule has 0 fully saturated rings. The lowest BCUT2D eigenvalue weighted by atomic mass is 10.1. The first-order chi connectivity index (χ1) is 14.9. The van der Waals surface area contributed by atoms with Gasteiger partial charge in [-0.1, -0.05) is 15.9 Å². The van der Waals surface area contributed by atoms with Crippen LogP contribution in [0.25, 0.3) is 0 Å². The van der Waals surface area contributed by atoms with E-state index in [2.05, 4.69) is 21.2 Å². The molecule has 2 rings (SSSR count). The number of nitriles is 1. The van der Waals surface area contributed by atoms with Gasteiger partial charge in [-0.05, 0) is 42.5 Å². The van der Waals surface area contributed by atoms with E-state index < -0.39 is 18.1 Å². The van der Waals surface area contributed by atoms with Crippen LogP contribution in [0.5, 0.6) is 0 Å². The predicted molar refractivity (Wildman–Crippen MR) is 113 cm³/mol. The van der Waals surface area contributed by atoms with Crippen molar-refractivity contribution in [3.05, 3.63) is 58.1 Å². The van der Waals surface area contributed by atoms with Crippen molar-refractivity contribution in [2.24, 2.45) is 0 Å². The van der Waals surface area contributed by atoms with Crippen molar-refractivity contribution in [3.8, 4) is 6.07 Å². The Labute approximate surface area is 189 Å². The van der Waals surface area contributed by atoms with Gasteiger partial charge in [0.25, 0.3) is 5.91 Å². The fourth-order valence-corrected chi connectivity index (χ4v) is 2.52. The standard InChI is InChI=1S/C18H16BrN3O3.C2HF3O2/c1-22(10-2-9-20)16-8-7-14(11-15(16)18(24)25)21-17(23)12-3-5-13(19)6-4-12;3-2(4,5)1(6)7/h3-8,11H,2,10H2,1H3,(H,21,23)(H,24,25);(H,6,7). The Bertz CT molecular complexity index is 1020. The molecule has 8 nitrogen and oxygen atoms in total. The molecule has 0 atom stereocenters. The smallest absolute Gasteiger partial charge is 0.478 e. The van der Waals surface area contributed by atoms with Crippen LogP contribution in [0.2, 0.25) is 0 Å². The van der Waals surface area contributed by atoms with Gasteiger partial charge in [0.1, 0.15) is 0 Å². The van der Waals surface area contributed by atoms with Gasteiger partial charge in [-0.25, -0.2) is 9.59 Å². The van der Waals surface area contributed by atoms with Gasteiger partial charge in [0.05, 0.1) is 23.7 Å². The van der Waals surface area contributed by atoms with E-state index in [9.17, 15) is 27.9 Å². The number of rotatable bonds is 6. The molecule has 3 N–H and O–H groups in total. The minimum absolute atomic E-state index is 0.0639. The number of benzene rings is 2. The number of hydrogen-bond donors (Lipinski definition) is 3. The largest absolute Gasteiger partial charge is 0.490 e. The molecule has 0 bridgehead atoms. The van der Waals surface area contributed by atoms with Gasteiger partial charge in [-0.2, -0.15) is 18.4 Å². The first-order valence-electron chi connectivity index (χ1n) is 8.69. The Morgan fingerprint density at radius 1 is 1.12 bits per heavy atom. The Balaban J connectivity index is 0.000000633. The number of hydrogen-bond acceptors (Lipinski definition) is 5. The number of alkyl halides is 3. The van der Waals surface area contributed by atoms with Crippen LogP contribution in [0.3, 0.4) is 0 Å². The monoisotopic (exact) mass is 515 g/mol.